The highest BCUT2D eigenvalue weighted by Gasteiger charge is 2.32. The second-order valence-electron chi connectivity index (χ2n) is 8.55. The first-order valence-corrected chi connectivity index (χ1v) is 11.3. The Morgan fingerprint density at radius 2 is 1.94 bits per heavy atom. The summed E-state index contributed by atoms with van der Waals surface area (Å²) in [7, 11) is 0. The maximum Gasteiger partial charge on any atom is 0.416 e. The molecule has 1 N–H and O–H groups in total. The molecule has 2 aromatic carbocycles. The molecule has 33 heavy (non-hydrogen) atoms. The quantitative estimate of drug-likeness (QED) is 0.650. The Labute approximate surface area is 195 Å². The minimum atomic E-state index is -4.39. The van der Waals surface area contributed by atoms with Crippen LogP contribution in [-0.2, 0) is 28.7 Å². The van der Waals surface area contributed by atoms with Crippen molar-refractivity contribution in [2.24, 2.45) is 0 Å². The number of amides is 2. The molecule has 2 aliphatic heterocycles. The molecule has 1 atom stereocenters. The molecule has 0 aliphatic carbocycles. The smallest absolute Gasteiger partial charge is 0.365 e. The fraction of sp³-hybridized carbons (Fsp3) is 0.417. The van der Waals surface area contributed by atoms with Gasteiger partial charge in [-0.25, -0.2) is 0 Å². The fourth-order valence-corrected chi connectivity index (χ4v) is 5.03. The first-order chi connectivity index (χ1) is 15.6. The molecule has 0 spiro atoms. The SMILES string of the molecule is CC(=O)N1CCCCC1C(=O)Nc1cc(Cl)c2c(c1)CCN2Cc1cccc(C(F)(F)F)c1. The maximum absolute atomic E-state index is 13.0. The van der Waals surface area contributed by atoms with Crippen LogP contribution in [0.4, 0.5) is 24.5 Å². The molecule has 4 rings (SSSR count). The van der Waals surface area contributed by atoms with E-state index < -0.39 is 17.8 Å². The number of rotatable bonds is 4. The Hall–Kier alpha value is -2.74. The van der Waals surface area contributed by atoms with Gasteiger partial charge in [-0.1, -0.05) is 23.7 Å². The number of nitrogens with zero attached hydrogens (tertiary/aromatic N) is 2. The zero-order valence-electron chi connectivity index (χ0n) is 18.2. The van der Waals surface area contributed by atoms with Crippen LogP contribution in [0.5, 0.6) is 0 Å². The Balaban J connectivity index is 1.50. The van der Waals surface area contributed by atoms with Crippen molar-refractivity contribution >= 4 is 34.8 Å². The van der Waals surface area contributed by atoms with Gasteiger partial charge in [0.2, 0.25) is 11.8 Å². The van der Waals surface area contributed by atoms with Crippen molar-refractivity contribution in [3.63, 3.8) is 0 Å². The first kappa shape index (κ1) is 23.4. The molecule has 176 valence electrons. The summed E-state index contributed by atoms with van der Waals surface area (Å²) in [4.78, 5) is 28.3. The summed E-state index contributed by atoms with van der Waals surface area (Å²) in [6.07, 6.45) is -1.33. The molecule has 0 saturated carbocycles. The van der Waals surface area contributed by atoms with Crippen molar-refractivity contribution in [2.45, 2.75) is 51.4 Å². The van der Waals surface area contributed by atoms with Crippen LogP contribution in [0.2, 0.25) is 5.02 Å². The van der Waals surface area contributed by atoms with Gasteiger partial charge in [0.25, 0.3) is 0 Å². The fourth-order valence-electron chi connectivity index (χ4n) is 4.67. The van der Waals surface area contributed by atoms with Crippen LogP contribution in [0.1, 0.15) is 42.9 Å². The Morgan fingerprint density at radius 1 is 1.15 bits per heavy atom. The van der Waals surface area contributed by atoms with Crippen molar-refractivity contribution in [1.29, 1.82) is 0 Å². The van der Waals surface area contributed by atoms with E-state index in [2.05, 4.69) is 5.32 Å². The van der Waals surface area contributed by atoms with Crippen LogP contribution in [-0.4, -0.2) is 35.8 Å². The summed E-state index contributed by atoms with van der Waals surface area (Å²) in [5, 5.41) is 3.32. The highest BCUT2D eigenvalue weighted by molar-refractivity contribution is 6.34. The number of halogens is 4. The zero-order chi connectivity index (χ0) is 23.8. The van der Waals surface area contributed by atoms with Crippen LogP contribution < -0.4 is 10.2 Å². The van der Waals surface area contributed by atoms with E-state index in [0.717, 1.165) is 36.2 Å². The number of anilines is 2. The molecule has 0 bridgehead atoms. The topological polar surface area (TPSA) is 52.7 Å². The number of likely N-dealkylation sites (tertiary alicyclic amines) is 1. The monoisotopic (exact) mass is 479 g/mol. The van der Waals surface area contributed by atoms with Crippen molar-refractivity contribution in [2.75, 3.05) is 23.3 Å². The van der Waals surface area contributed by atoms with Crippen molar-refractivity contribution in [3.05, 3.63) is 58.1 Å². The number of nitrogens with one attached hydrogen (secondary N) is 1. The van der Waals surface area contributed by atoms with Crippen LogP contribution in [0.25, 0.3) is 0 Å². The van der Waals surface area contributed by atoms with E-state index in [4.69, 9.17) is 11.6 Å². The molecule has 1 fully saturated rings. The van der Waals surface area contributed by atoms with Gasteiger partial charge in [-0.05, 0) is 61.1 Å². The minimum absolute atomic E-state index is 0.118. The molecule has 5 nitrogen and oxygen atoms in total. The van der Waals surface area contributed by atoms with Gasteiger partial charge in [0.1, 0.15) is 6.04 Å². The van der Waals surface area contributed by atoms with E-state index in [0.29, 0.717) is 48.7 Å². The van der Waals surface area contributed by atoms with E-state index in [1.807, 2.05) is 11.0 Å². The third-order valence-electron chi connectivity index (χ3n) is 6.21. The first-order valence-electron chi connectivity index (χ1n) is 10.9. The van der Waals surface area contributed by atoms with E-state index in [1.165, 1.54) is 13.0 Å². The third kappa shape index (κ3) is 5.11. The number of hydrogen-bond acceptors (Lipinski definition) is 3. The molecular formula is C24H25ClF3N3O2. The van der Waals surface area contributed by atoms with Crippen LogP contribution >= 0.6 is 11.6 Å². The average molecular weight is 480 g/mol. The van der Waals surface area contributed by atoms with Gasteiger partial charge in [0.15, 0.2) is 0 Å². The lowest BCUT2D eigenvalue weighted by atomic mass is 10.0. The Bertz CT molecular complexity index is 1070. The van der Waals surface area contributed by atoms with E-state index >= 15 is 0 Å². The molecule has 2 aliphatic rings. The lowest BCUT2D eigenvalue weighted by molar-refractivity contribution is -0.138. The van der Waals surface area contributed by atoms with Crippen LogP contribution in [0.15, 0.2) is 36.4 Å². The number of carbonyl (C=O) groups excluding carboxylic acids is 2. The summed E-state index contributed by atoms with van der Waals surface area (Å²) in [5.74, 6) is -0.355. The lowest BCUT2D eigenvalue weighted by Gasteiger charge is -2.34. The van der Waals surface area contributed by atoms with E-state index in [-0.39, 0.29) is 11.8 Å². The van der Waals surface area contributed by atoms with Gasteiger partial charge in [-0.3, -0.25) is 9.59 Å². The molecule has 0 aromatic heterocycles. The molecule has 1 unspecified atom stereocenters. The van der Waals surface area contributed by atoms with Gasteiger partial charge in [0.05, 0.1) is 16.3 Å². The Morgan fingerprint density at radius 3 is 2.67 bits per heavy atom. The van der Waals surface area contributed by atoms with Gasteiger partial charge in [0, 0.05) is 32.2 Å². The van der Waals surface area contributed by atoms with Crippen molar-refractivity contribution in [3.8, 4) is 0 Å². The number of benzene rings is 2. The highest BCUT2D eigenvalue weighted by atomic mass is 35.5. The summed E-state index contributed by atoms with van der Waals surface area (Å²) < 4.78 is 39.1. The summed E-state index contributed by atoms with van der Waals surface area (Å²) >= 11 is 6.55. The van der Waals surface area contributed by atoms with Gasteiger partial charge >= 0.3 is 6.18 Å². The summed E-state index contributed by atoms with van der Waals surface area (Å²) in [6, 6.07) is 8.30. The highest BCUT2D eigenvalue weighted by Crippen LogP contribution is 2.39. The van der Waals surface area contributed by atoms with Gasteiger partial charge < -0.3 is 15.1 Å². The van der Waals surface area contributed by atoms with Crippen LogP contribution in [0, 0.1) is 0 Å². The summed E-state index contributed by atoms with van der Waals surface area (Å²) in [6.45, 7) is 2.96. The molecule has 0 radical (unpaired) electrons. The molecule has 2 aromatic rings. The number of fused-ring (bicyclic) bond motifs is 1. The second kappa shape index (κ2) is 9.25. The zero-order valence-corrected chi connectivity index (χ0v) is 19.0. The predicted molar refractivity (Wildman–Crippen MR) is 121 cm³/mol. The molecule has 2 amide bonds. The number of piperidine rings is 1. The molecule has 1 saturated heterocycles. The second-order valence-corrected chi connectivity index (χ2v) is 8.96. The van der Waals surface area contributed by atoms with Gasteiger partial charge in [-0.15, -0.1) is 0 Å². The van der Waals surface area contributed by atoms with E-state index in [1.54, 1.807) is 17.0 Å². The molecular weight excluding hydrogens is 455 g/mol. The number of alkyl halides is 3. The number of hydrogen-bond donors (Lipinski definition) is 1. The maximum atomic E-state index is 13.0. The summed E-state index contributed by atoms with van der Waals surface area (Å²) in [5.41, 5.74) is 2.13. The van der Waals surface area contributed by atoms with E-state index in [9.17, 15) is 22.8 Å². The lowest BCUT2D eigenvalue weighted by Crippen LogP contribution is -2.49. The molecule has 9 heteroatoms. The standard InChI is InChI=1S/C24H25ClF3N3O2/c1-15(32)31-9-3-2-7-21(31)23(33)29-19-12-17-8-10-30(22(17)20(25)13-19)14-16-5-4-6-18(11-16)24(26,27)28/h4-6,11-13,21H,2-3,7-10,14H2,1H3,(H,29,33). The van der Waals surface area contributed by atoms with Crippen LogP contribution in [0.3, 0.4) is 0 Å². The normalized spacial score (nSPS) is 18.3. The average Bonchev–Trinajstić information content (AvgIpc) is 3.16. The largest absolute Gasteiger partial charge is 0.416 e. The van der Waals surface area contributed by atoms with Crippen molar-refractivity contribution < 1.29 is 22.8 Å². The van der Waals surface area contributed by atoms with Crippen molar-refractivity contribution in [1.82, 2.24) is 4.90 Å². The minimum Gasteiger partial charge on any atom is -0.365 e. The predicted octanol–water partition coefficient (Wildman–Crippen LogP) is 5.26. The molecule has 2 heterocycles. The number of carbonyl (C=O) groups is 2. The third-order valence-corrected chi connectivity index (χ3v) is 6.50. The Kier molecular flexibility index (Phi) is 6.56. The van der Waals surface area contributed by atoms with Gasteiger partial charge in [-0.2, -0.15) is 13.2 Å².